The molecule has 4 aromatic rings. The van der Waals surface area contributed by atoms with Gasteiger partial charge in [0.1, 0.15) is 5.75 Å². The molecule has 0 bridgehead atoms. The van der Waals surface area contributed by atoms with Crippen LogP contribution >= 0.6 is 32.9 Å². The molecule has 34 heavy (non-hydrogen) atoms. The quantitative estimate of drug-likeness (QED) is 0.194. The van der Waals surface area contributed by atoms with Crippen molar-refractivity contribution in [3.05, 3.63) is 94.0 Å². The highest BCUT2D eigenvalue weighted by Crippen LogP contribution is 2.18. The smallest absolute Gasteiger partial charge is 0.338 e. The van der Waals surface area contributed by atoms with E-state index in [0.717, 1.165) is 27.5 Å². The largest absolute Gasteiger partial charge is 0.494 e. The predicted molar refractivity (Wildman–Crippen MR) is 142 cm³/mol. The van der Waals surface area contributed by atoms with E-state index >= 15 is 0 Å². The lowest BCUT2D eigenvalue weighted by Gasteiger charge is -2.09. The zero-order valence-electron chi connectivity index (χ0n) is 18.9. The third-order valence-electron chi connectivity index (χ3n) is 5.34. The molecule has 1 N–H and O–H groups in total. The lowest BCUT2D eigenvalue weighted by atomic mass is 10.2. The van der Waals surface area contributed by atoms with Crippen LogP contribution in [-0.2, 0) is 17.8 Å². The third kappa shape index (κ3) is 5.98. The van der Waals surface area contributed by atoms with Crippen molar-refractivity contribution in [1.29, 1.82) is 5.41 Å². The molecule has 1 heterocycles. The van der Waals surface area contributed by atoms with Gasteiger partial charge >= 0.3 is 5.97 Å². The van der Waals surface area contributed by atoms with Gasteiger partial charge in [0.05, 0.1) is 36.4 Å². The molecule has 3 aromatic carbocycles. The van der Waals surface area contributed by atoms with Crippen LogP contribution < -0.4 is 10.4 Å². The Balaban J connectivity index is 0.00000324. The molecule has 0 saturated heterocycles. The molecule has 0 aliphatic carbocycles. The monoisotopic (exact) mass is 587 g/mol. The highest BCUT2D eigenvalue weighted by atomic mass is 79.9. The fraction of sp³-hybridized carbons (Fsp3) is 0.231. The standard InChI is InChI=1S/C26H26BrN3O3.BrH/c1-2-32-25(31)20-9-6-11-22(17-20)33-15-7-14-29-23-12-3-4-13-24(23)30(26(29)28)18-19-8-5-10-21(27)16-19;/h3-6,8-13,16-17,28H,2,7,14-15,18H2,1H3;1H. The summed E-state index contributed by atoms with van der Waals surface area (Å²) in [4.78, 5) is 11.9. The van der Waals surface area contributed by atoms with Gasteiger partial charge < -0.3 is 18.6 Å². The molecule has 0 fully saturated rings. The van der Waals surface area contributed by atoms with Crippen LogP contribution in [0, 0.1) is 5.41 Å². The number of para-hydroxylation sites is 2. The van der Waals surface area contributed by atoms with Crippen LogP contribution in [0.3, 0.4) is 0 Å². The normalized spacial score (nSPS) is 10.6. The first-order chi connectivity index (χ1) is 16.1. The predicted octanol–water partition coefficient (Wildman–Crippen LogP) is 5.96. The number of fused-ring (bicyclic) bond motifs is 1. The molecule has 1 aromatic heterocycles. The number of nitrogens with zero attached hydrogens (tertiary/aromatic N) is 2. The van der Waals surface area contributed by atoms with Crippen molar-refractivity contribution in [1.82, 2.24) is 9.13 Å². The van der Waals surface area contributed by atoms with Crippen molar-refractivity contribution in [2.45, 2.75) is 26.4 Å². The van der Waals surface area contributed by atoms with Crippen LogP contribution in [0.1, 0.15) is 29.3 Å². The SMILES string of the molecule is Br.CCOC(=O)c1cccc(OCCCn2c(=N)n(Cc3cccc(Br)c3)c3ccccc32)c1. The lowest BCUT2D eigenvalue weighted by Crippen LogP contribution is -2.25. The number of benzene rings is 3. The summed E-state index contributed by atoms with van der Waals surface area (Å²) in [6, 6.07) is 23.3. The first-order valence-corrected chi connectivity index (χ1v) is 11.7. The van der Waals surface area contributed by atoms with E-state index in [1.54, 1.807) is 25.1 Å². The minimum absolute atomic E-state index is 0. The molecule has 6 nitrogen and oxygen atoms in total. The van der Waals surface area contributed by atoms with E-state index in [1.807, 2.05) is 39.5 Å². The molecule has 0 unspecified atom stereocenters. The summed E-state index contributed by atoms with van der Waals surface area (Å²) < 4.78 is 16.0. The number of ether oxygens (including phenoxy) is 2. The first-order valence-electron chi connectivity index (χ1n) is 10.9. The van der Waals surface area contributed by atoms with Crippen LogP contribution in [0.15, 0.2) is 77.3 Å². The maximum absolute atomic E-state index is 11.9. The number of aromatic nitrogens is 2. The van der Waals surface area contributed by atoms with Crippen molar-refractivity contribution in [3.8, 4) is 5.75 Å². The van der Waals surface area contributed by atoms with Gasteiger partial charge in [-0.2, -0.15) is 0 Å². The van der Waals surface area contributed by atoms with Gasteiger partial charge in [-0.25, -0.2) is 4.79 Å². The Morgan fingerprint density at radius 3 is 2.44 bits per heavy atom. The summed E-state index contributed by atoms with van der Waals surface area (Å²) in [6.45, 7) is 3.88. The second-order valence-electron chi connectivity index (χ2n) is 7.63. The third-order valence-corrected chi connectivity index (χ3v) is 5.84. The van der Waals surface area contributed by atoms with Crippen molar-refractivity contribution in [2.24, 2.45) is 0 Å². The number of rotatable bonds is 9. The number of imidazole rings is 1. The summed E-state index contributed by atoms with van der Waals surface area (Å²) >= 11 is 3.53. The molecular formula is C26H27Br2N3O3. The Bertz CT molecular complexity index is 1330. The molecule has 0 amide bonds. The van der Waals surface area contributed by atoms with Gasteiger partial charge in [0.2, 0.25) is 5.62 Å². The van der Waals surface area contributed by atoms with Gasteiger partial charge in [0, 0.05) is 11.0 Å². The Hall–Kier alpha value is -2.84. The summed E-state index contributed by atoms with van der Waals surface area (Å²) in [7, 11) is 0. The molecule has 0 spiro atoms. The van der Waals surface area contributed by atoms with Gasteiger partial charge in [0.25, 0.3) is 0 Å². The van der Waals surface area contributed by atoms with E-state index in [9.17, 15) is 4.79 Å². The number of carbonyl (C=O) groups is 1. The van der Waals surface area contributed by atoms with Crippen molar-refractivity contribution >= 4 is 49.9 Å². The number of halogens is 2. The summed E-state index contributed by atoms with van der Waals surface area (Å²) in [5.74, 6) is 0.282. The van der Waals surface area contributed by atoms with Crippen molar-refractivity contribution in [3.63, 3.8) is 0 Å². The minimum Gasteiger partial charge on any atom is -0.494 e. The number of hydrogen-bond acceptors (Lipinski definition) is 4. The number of nitrogens with one attached hydrogen (secondary N) is 1. The zero-order chi connectivity index (χ0) is 23.2. The summed E-state index contributed by atoms with van der Waals surface area (Å²) in [6.07, 6.45) is 0.727. The molecule has 0 aliphatic heterocycles. The summed E-state index contributed by atoms with van der Waals surface area (Å²) in [5, 5.41) is 8.81. The van der Waals surface area contributed by atoms with Crippen LogP contribution in [0.5, 0.6) is 5.75 Å². The van der Waals surface area contributed by atoms with E-state index < -0.39 is 0 Å². The molecule has 0 atom stereocenters. The van der Waals surface area contributed by atoms with Crippen molar-refractivity contribution in [2.75, 3.05) is 13.2 Å². The van der Waals surface area contributed by atoms with Gasteiger partial charge in [-0.05, 0) is 61.4 Å². The van der Waals surface area contributed by atoms with Gasteiger partial charge in [0.15, 0.2) is 0 Å². The van der Waals surface area contributed by atoms with E-state index in [2.05, 4.69) is 40.2 Å². The number of hydrogen-bond donors (Lipinski definition) is 1. The Morgan fingerprint density at radius 2 is 1.71 bits per heavy atom. The average Bonchev–Trinajstić information content (AvgIpc) is 3.08. The molecule has 178 valence electrons. The maximum Gasteiger partial charge on any atom is 0.338 e. The molecule has 0 saturated carbocycles. The first kappa shape index (κ1) is 25.8. The summed E-state index contributed by atoms with van der Waals surface area (Å²) in [5.41, 5.74) is 4.14. The fourth-order valence-electron chi connectivity index (χ4n) is 3.84. The molecule has 4 rings (SSSR count). The van der Waals surface area contributed by atoms with Crippen LogP contribution in [0.4, 0.5) is 0 Å². The lowest BCUT2D eigenvalue weighted by molar-refractivity contribution is 0.0526. The van der Waals surface area contributed by atoms with E-state index in [1.165, 1.54) is 0 Å². The van der Waals surface area contributed by atoms with Gasteiger partial charge in [-0.3, -0.25) is 5.41 Å². The van der Waals surface area contributed by atoms with E-state index in [4.69, 9.17) is 14.9 Å². The second-order valence-corrected chi connectivity index (χ2v) is 8.55. The Morgan fingerprint density at radius 1 is 0.971 bits per heavy atom. The topological polar surface area (TPSA) is 69.2 Å². The number of carbonyl (C=O) groups excluding carboxylic acids is 1. The minimum atomic E-state index is -0.351. The zero-order valence-corrected chi connectivity index (χ0v) is 22.2. The van der Waals surface area contributed by atoms with Crippen LogP contribution in [0.2, 0.25) is 0 Å². The number of aryl methyl sites for hydroxylation is 1. The van der Waals surface area contributed by atoms with Crippen molar-refractivity contribution < 1.29 is 14.3 Å². The molecule has 0 aliphatic rings. The van der Waals surface area contributed by atoms with E-state index in [-0.39, 0.29) is 23.0 Å². The number of esters is 1. The van der Waals surface area contributed by atoms with Crippen LogP contribution in [0.25, 0.3) is 11.0 Å². The average molecular weight is 589 g/mol. The van der Waals surface area contributed by atoms with Gasteiger partial charge in [-0.1, -0.05) is 46.3 Å². The fourth-order valence-corrected chi connectivity index (χ4v) is 4.29. The maximum atomic E-state index is 11.9. The Kier molecular flexibility index (Phi) is 9.12. The molecule has 0 radical (unpaired) electrons. The van der Waals surface area contributed by atoms with E-state index in [0.29, 0.717) is 43.2 Å². The van der Waals surface area contributed by atoms with Crippen LogP contribution in [-0.4, -0.2) is 28.3 Å². The highest BCUT2D eigenvalue weighted by Gasteiger charge is 2.11. The Labute approximate surface area is 217 Å². The molecular weight excluding hydrogens is 562 g/mol. The second kappa shape index (κ2) is 12.0. The van der Waals surface area contributed by atoms with Gasteiger partial charge in [-0.15, -0.1) is 17.0 Å². The molecule has 8 heteroatoms. The highest BCUT2D eigenvalue weighted by molar-refractivity contribution is 9.10.